The quantitative estimate of drug-likeness (QED) is 0.188. The Labute approximate surface area is 466 Å². The number of amides is 1. The van der Waals surface area contributed by atoms with Gasteiger partial charge in [0.2, 0.25) is 5.91 Å². The molecule has 4 aromatic carbocycles. The second-order valence-corrected chi connectivity index (χ2v) is 26.2. The van der Waals surface area contributed by atoms with Gasteiger partial charge in [0.05, 0.1) is 7.11 Å². The highest BCUT2D eigenvalue weighted by Crippen LogP contribution is 2.36. The maximum atomic E-state index is 14.1. The molecular formula is C64H100ClFN8O2. The van der Waals surface area contributed by atoms with Crippen molar-refractivity contribution in [3.05, 3.63) is 111 Å². The molecule has 0 N–H and O–H groups in total. The number of methoxy groups -OCH3 is 1. The Kier molecular flexibility index (Phi) is 22.0. The smallest absolute Gasteiger partial charge is 0.222 e. The van der Waals surface area contributed by atoms with Crippen molar-refractivity contribution < 1.29 is 13.9 Å². The summed E-state index contributed by atoms with van der Waals surface area (Å²) >= 11 is 6.42. The SMILES string of the molecule is CCC(=O)N1CCN(c2ccc(C(C)(C)C)c(OC)c2)CC1.CN1CCN(c2ccc(C(C)(C)C)c(Cl)c2)CC1.CN1CCN(c2ccc(C(C)(C)C)c(F)c2)CC1.Cc1cc(N2CCN(C)CC2)ccc1C(C)(C)C. The van der Waals surface area contributed by atoms with Crippen LogP contribution in [-0.4, -0.2) is 158 Å². The molecule has 4 aromatic rings. The van der Waals surface area contributed by atoms with Gasteiger partial charge < -0.3 is 43.9 Å². The zero-order valence-corrected chi connectivity index (χ0v) is 51.4. The maximum Gasteiger partial charge on any atom is 0.222 e. The van der Waals surface area contributed by atoms with E-state index in [-0.39, 0.29) is 33.4 Å². The minimum Gasteiger partial charge on any atom is -0.496 e. The third-order valence-electron chi connectivity index (χ3n) is 15.4. The molecule has 4 aliphatic rings. The fourth-order valence-corrected chi connectivity index (χ4v) is 10.9. The lowest BCUT2D eigenvalue weighted by Gasteiger charge is -2.36. The van der Waals surface area contributed by atoms with Gasteiger partial charge in [-0.25, -0.2) is 4.39 Å². The summed E-state index contributed by atoms with van der Waals surface area (Å²) in [5.41, 5.74) is 11.2. The fraction of sp³-hybridized carbons (Fsp3) is 0.609. The molecule has 0 bridgehead atoms. The first kappa shape index (κ1) is 62.3. The predicted octanol–water partition coefficient (Wildman–Crippen LogP) is 12.4. The summed E-state index contributed by atoms with van der Waals surface area (Å²) in [6.07, 6.45) is 0.591. The second-order valence-electron chi connectivity index (χ2n) is 25.8. The Morgan fingerprint density at radius 2 is 0.803 bits per heavy atom. The molecule has 422 valence electrons. The Bertz CT molecular complexity index is 2260. The lowest BCUT2D eigenvalue weighted by Crippen LogP contribution is -2.48. The molecule has 0 radical (unpaired) electrons. The summed E-state index contributed by atoms with van der Waals surface area (Å²) in [5.74, 6) is 1.11. The molecule has 4 fully saturated rings. The molecule has 4 aliphatic heterocycles. The number of benzene rings is 4. The van der Waals surface area contributed by atoms with Crippen LogP contribution in [0.5, 0.6) is 5.75 Å². The van der Waals surface area contributed by atoms with Gasteiger partial charge >= 0.3 is 0 Å². The number of rotatable bonds is 6. The van der Waals surface area contributed by atoms with Gasteiger partial charge in [0.15, 0.2) is 0 Å². The first-order valence-corrected chi connectivity index (χ1v) is 28.6. The summed E-state index contributed by atoms with van der Waals surface area (Å²) in [6.45, 7) is 46.8. The highest BCUT2D eigenvalue weighted by atomic mass is 35.5. The number of hydrogen-bond acceptors (Lipinski definition) is 9. The van der Waals surface area contributed by atoms with Gasteiger partial charge in [-0.3, -0.25) is 4.79 Å². The zero-order valence-electron chi connectivity index (χ0n) is 50.6. The maximum absolute atomic E-state index is 14.1. The van der Waals surface area contributed by atoms with Crippen molar-refractivity contribution in [3.63, 3.8) is 0 Å². The number of ether oxygens (including phenoxy) is 1. The molecule has 0 unspecified atom stereocenters. The number of aryl methyl sites for hydroxylation is 1. The minimum absolute atomic E-state index is 0.0656. The van der Waals surface area contributed by atoms with Crippen molar-refractivity contribution in [3.8, 4) is 5.75 Å². The fourth-order valence-electron chi connectivity index (χ4n) is 10.4. The van der Waals surface area contributed by atoms with Gasteiger partial charge in [-0.15, -0.1) is 0 Å². The van der Waals surface area contributed by atoms with Gasteiger partial charge in [0.25, 0.3) is 0 Å². The topological polar surface area (TPSA) is 52.2 Å². The Balaban J connectivity index is 0.000000188. The van der Waals surface area contributed by atoms with Gasteiger partial charge in [-0.2, -0.15) is 0 Å². The van der Waals surface area contributed by atoms with Gasteiger partial charge in [-0.05, 0) is 120 Å². The van der Waals surface area contributed by atoms with Crippen LogP contribution in [0, 0.1) is 12.7 Å². The molecule has 12 heteroatoms. The molecule has 4 saturated heterocycles. The van der Waals surface area contributed by atoms with E-state index in [0.29, 0.717) is 6.42 Å². The summed E-state index contributed by atoms with van der Waals surface area (Å²) in [7, 11) is 8.23. The molecular weight excluding hydrogens is 967 g/mol. The summed E-state index contributed by atoms with van der Waals surface area (Å²) in [5, 5.41) is 0.888. The number of likely N-dealkylation sites (N-methyl/N-ethyl adjacent to an activating group) is 3. The molecule has 1 amide bonds. The van der Waals surface area contributed by atoms with Crippen LogP contribution in [0.1, 0.15) is 124 Å². The molecule has 0 saturated carbocycles. The van der Waals surface area contributed by atoms with Gasteiger partial charge in [-0.1, -0.05) is 126 Å². The lowest BCUT2D eigenvalue weighted by molar-refractivity contribution is -0.131. The van der Waals surface area contributed by atoms with Crippen molar-refractivity contribution in [1.82, 2.24) is 19.6 Å². The Hall–Kier alpha value is -4.55. The number of piperazine rings is 4. The van der Waals surface area contributed by atoms with E-state index in [2.05, 4.69) is 185 Å². The van der Waals surface area contributed by atoms with Gasteiger partial charge in [0, 0.05) is 145 Å². The van der Waals surface area contributed by atoms with Crippen LogP contribution in [-0.2, 0) is 26.5 Å². The largest absolute Gasteiger partial charge is 0.496 e. The first-order chi connectivity index (χ1) is 35.5. The third-order valence-corrected chi connectivity index (χ3v) is 15.8. The van der Waals surface area contributed by atoms with Crippen LogP contribution in [0.4, 0.5) is 27.1 Å². The number of nitrogens with zero attached hydrogens (tertiary/aromatic N) is 8. The van der Waals surface area contributed by atoms with Crippen LogP contribution >= 0.6 is 11.6 Å². The number of hydrogen-bond donors (Lipinski definition) is 0. The number of carbonyl (C=O) groups is 1. The average molecular weight is 1070 g/mol. The number of halogens is 2. The highest BCUT2D eigenvalue weighted by molar-refractivity contribution is 6.31. The lowest BCUT2D eigenvalue weighted by atomic mass is 9.84. The Morgan fingerprint density at radius 1 is 0.474 bits per heavy atom. The summed E-state index contributed by atoms with van der Waals surface area (Å²) in [6, 6.07) is 25.6. The Morgan fingerprint density at radius 3 is 1.14 bits per heavy atom. The molecule has 0 atom stereocenters. The van der Waals surface area contributed by atoms with Crippen LogP contribution in [0.15, 0.2) is 72.8 Å². The van der Waals surface area contributed by atoms with Crippen molar-refractivity contribution in [1.29, 1.82) is 0 Å². The van der Waals surface area contributed by atoms with Crippen LogP contribution in [0.3, 0.4) is 0 Å². The monoisotopic (exact) mass is 1070 g/mol. The van der Waals surface area contributed by atoms with E-state index in [1.54, 1.807) is 13.2 Å². The normalized spacial score (nSPS) is 17.5. The van der Waals surface area contributed by atoms with Crippen molar-refractivity contribution in [2.75, 3.05) is 153 Å². The van der Waals surface area contributed by atoms with E-state index >= 15 is 0 Å². The van der Waals surface area contributed by atoms with Gasteiger partial charge in [0.1, 0.15) is 11.6 Å². The van der Waals surface area contributed by atoms with Crippen LogP contribution < -0.4 is 24.3 Å². The zero-order chi connectivity index (χ0) is 56.3. The number of carbonyl (C=O) groups excluding carboxylic acids is 1. The molecule has 0 spiro atoms. The van der Waals surface area contributed by atoms with Crippen molar-refractivity contribution >= 4 is 40.3 Å². The molecule has 4 heterocycles. The van der Waals surface area contributed by atoms with E-state index in [4.69, 9.17) is 16.3 Å². The third kappa shape index (κ3) is 17.7. The summed E-state index contributed by atoms with van der Waals surface area (Å²) in [4.78, 5) is 30.3. The standard InChI is InChI=1S/C18H28N2O2.C16H26N2.C15H23ClN2.C15H23FN2/c1-6-17(21)20-11-9-19(10-12-20)14-7-8-15(18(2,3)4)16(13-14)22-5;1-13-12-14(6-7-15(13)16(2,3)4)18-10-8-17(5)9-11-18;2*1-15(2,3)13-6-5-12(11-14(13)16)18-9-7-17(4)8-10-18/h7-8,13H,6,9-12H2,1-5H3;6-7,12H,8-11H2,1-5H3;2*5-6,11H,7-10H2,1-4H3. The average Bonchev–Trinajstić information content (AvgIpc) is 3.36. The number of anilines is 4. The summed E-state index contributed by atoms with van der Waals surface area (Å²) < 4.78 is 19.7. The molecule has 76 heavy (non-hydrogen) atoms. The second kappa shape index (κ2) is 26.9. The van der Waals surface area contributed by atoms with E-state index in [1.165, 1.54) is 52.4 Å². The van der Waals surface area contributed by atoms with E-state index in [9.17, 15) is 9.18 Å². The first-order valence-electron chi connectivity index (χ1n) is 28.2. The highest BCUT2D eigenvalue weighted by Gasteiger charge is 2.26. The minimum atomic E-state index is -0.134. The van der Waals surface area contributed by atoms with Crippen LogP contribution in [0.2, 0.25) is 5.02 Å². The van der Waals surface area contributed by atoms with E-state index in [0.717, 1.165) is 114 Å². The molecule has 10 nitrogen and oxygen atoms in total. The predicted molar refractivity (Wildman–Crippen MR) is 325 cm³/mol. The van der Waals surface area contributed by atoms with E-state index < -0.39 is 0 Å². The molecule has 0 aromatic heterocycles. The molecule has 0 aliphatic carbocycles. The van der Waals surface area contributed by atoms with Crippen LogP contribution in [0.25, 0.3) is 0 Å². The van der Waals surface area contributed by atoms with Crippen molar-refractivity contribution in [2.24, 2.45) is 0 Å². The van der Waals surface area contributed by atoms with E-state index in [1.807, 2.05) is 38.7 Å². The van der Waals surface area contributed by atoms with Crippen molar-refractivity contribution in [2.45, 2.75) is 125 Å². The molecule has 8 rings (SSSR count).